The number of hydrogen-bond acceptors (Lipinski definition) is 5. The molecule has 28 heavy (non-hydrogen) atoms. The average molecular weight is 398 g/mol. The molecule has 1 N–H and O–H groups in total. The van der Waals surface area contributed by atoms with E-state index in [9.17, 15) is 9.59 Å². The summed E-state index contributed by atoms with van der Waals surface area (Å²) in [5.74, 6) is -0.300. The van der Waals surface area contributed by atoms with Crippen molar-refractivity contribution in [3.8, 4) is 0 Å². The van der Waals surface area contributed by atoms with Crippen LogP contribution in [0.15, 0.2) is 46.2 Å². The number of nitrogens with one attached hydrogen (secondary N) is 1. The van der Waals surface area contributed by atoms with Gasteiger partial charge in [-0.25, -0.2) is 9.48 Å². The SMILES string of the molecule is Cc1ccc(NC(=O)Cn2nc3ccc(SC4CCCCC4)nn3c2=O)cc1. The summed E-state index contributed by atoms with van der Waals surface area (Å²) in [7, 11) is 0. The maximum absolute atomic E-state index is 12.6. The van der Waals surface area contributed by atoms with Crippen LogP contribution in [0.25, 0.3) is 5.65 Å². The Hall–Kier alpha value is -2.61. The largest absolute Gasteiger partial charge is 0.367 e. The number of amides is 1. The Morgan fingerprint density at radius 1 is 1.11 bits per heavy atom. The molecule has 1 aliphatic carbocycles. The highest BCUT2D eigenvalue weighted by Crippen LogP contribution is 2.32. The smallest absolute Gasteiger partial charge is 0.324 e. The van der Waals surface area contributed by atoms with Crippen LogP contribution in [-0.4, -0.2) is 30.6 Å². The summed E-state index contributed by atoms with van der Waals surface area (Å²) in [5, 5.41) is 12.8. The molecule has 1 saturated carbocycles. The van der Waals surface area contributed by atoms with Crippen LogP contribution in [0.3, 0.4) is 0 Å². The molecule has 3 aromatic rings. The number of thioether (sulfide) groups is 1. The third kappa shape index (κ3) is 4.27. The van der Waals surface area contributed by atoms with Gasteiger partial charge in [-0.15, -0.1) is 16.9 Å². The molecule has 7 nitrogen and oxygen atoms in total. The zero-order valence-electron chi connectivity index (χ0n) is 15.8. The minimum atomic E-state index is -0.403. The fraction of sp³-hybridized carbons (Fsp3) is 0.400. The van der Waals surface area contributed by atoms with Crippen molar-refractivity contribution in [3.63, 3.8) is 0 Å². The number of fused-ring (bicyclic) bond motifs is 1. The number of benzene rings is 1. The molecular formula is C20H23N5O2S. The Morgan fingerprint density at radius 3 is 2.61 bits per heavy atom. The Bertz CT molecular complexity index is 1030. The van der Waals surface area contributed by atoms with E-state index in [1.807, 2.05) is 37.3 Å². The lowest BCUT2D eigenvalue weighted by atomic mass is 10.0. The van der Waals surface area contributed by atoms with Gasteiger partial charge >= 0.3 is 5.69 Å². The summed E-state index contributed by atoms with van der Waals surface area (Å²) in [4.78, 5) is 24.9. The van der Waals surface area contributed by atoms with Crippen molar-refractivity contribution >= 4 is 29.0 Å². The molecule has 0 saturated heterocycles. The Kier molecular flexibility index (Phi) is 5.47. The molecule has 8 heteroatoms. The third-order valence-corrected chi connectivity index (χ3v) is 6.15. The first kappa shape index (κ1) is 18.7. The van der Waals surface area contributed by atoms with Gasteiger partial charge in [-0.3, -0.25) is 4.79 Å². The monoisotopic (exact) mass is 397 g/mol. The molecule has 1 aromatic carbocycles. The van der Waals surface area contributed by atoms with E-state index in [2.05, 4.69) is 15.5 Å². The molecule has 0 aliphatic heterocycles. The van der Waals surface area contributed by atoms with Gasteiger partial charge in [0, 0.05) is 10.9 Å². The molecule has 2 aromatic heterocycles. The van der Waals surface area contributed by atoms with Crippen LogP contribution in [0.2, 0.25) is 0 Å². The highest BCUT2D eigenvalue weighted by atomic mass is 32.2. The van der Waals surface area contributed by atoms with Crippen molar-refractivity contribution in [1.82, 2.24) is 19.4 Å². The second-order valence-electron chi connectivity index (χ2n) is 7.17. The van der Waals surface area contributed by atoms with E-state index >= 15 is 0 Å². The maximum atomic E-state index is 12.6. The van der Waals surface area contributed by atoms with E-state index in [1.165, 1.54) is 36.6 Å². The normalized spacial score (nSPS) is 15.0. The lowest BCUT2D eigenvalue weighted by Gasteiger charge is -2.20. The Balaban J connectivity index is 1.48. The van der Waals surface area contributed by atoms with Crippen molar-refractivity contribution in [3.05, 3.63) is 52.4 Å². The van der Waals surface area contributed by atoms with Crippen LogP contribution in [-0.2, 0) is 11.3 Å². The van der Waals surface area contributed by atoms with E-state index in [0.29, 0.717) is 16.6 Å². The standard InChI is InChI=1S/C20H23N5O2S/c1-14-7-9-15(10-8-14)21-18(26)13-24-20(27)25-17(22-24)11-12-19(23-25)28-16-5-3-2-4-6-16/h7-12,16H,2-6,13H2,1H3,(H,21,26). The quantitative estimate of drug-likeness (QED) is 0.715. The van der Waals surface area contributed by atoms with Gasteiger partial charge in [0.1, 0.15) is 11.6 Å². The number of carbonyl (C=O) groups is 1. The van der Waals surface area contributed by atoms with Crippen LogP contribution < -0.4 is 11.0 Å². The lowest BCUT2D eigenvalue weighted by molar-refractivity contribution is -0.117. The zero-order chi connectivity index (χ0) is 19.5. The third-order valence-electron chi connectivity index (χ3n) is 4.88. The van der Waals surface area contributed by atoms with E-state index in [0.717, 1.165) is 15.3 Å². The Morgan fingerprint density at radius 2 is 1.86 bits per heavy atom. The molecule has 146 valence electrons. The molecule has 0 spiro atoms. The average Bonchev–Trinajstić information content (AvgIpc) is 3.00. The summed E-state index contributed by atoms with van der Waals surface area (Å²) in [6, 6.07) is 11.2. The van der Waals surface area contributed by atoms with Gasteiger partial charge in [-0.1, -0.05) is 37.0 Å². The van der Waals surface area contributed by atoms with Crippen LogP contribution in [0.4, 0.5) is 5.69 Å². The van der Waals surface area contributed by atoms with Gasteiger partial charge < -0.3 is 5.32 Å². The molecule has 0 unspecified atom stereocenters. The highest BCUT2D eigenvalue weighted by molar-refractivity contribution is 7.99. The minimum Gasteiger partial charge on any atom is -0.324 e. The second kappa shape index (κ2) is 8.18. The zero-order valence-corrected chi connectivity index (χ0v) is 16.6. The molecule has 4 rings (SSSR count). The van der Waals surface area contributed by atoms with Crippen molar-refractivity contribution < 1.29 is 4.79 Å². The molecule has 0 radical (unpaired) electrons. The van der Waals surface area contributed by atoms with Gasteiger partial charge in [0.05, 0.1) is 0 Å². The minimum absolute atomic E-state index is 0.152. The summed E-state index contributed by atoms with van der Waals surface area (Å²) < 4.78 is 2.44. The fourth-order valence-electron chi connectivity index (χ4n) is 3.38. The fourth-order valence-corrected chi connectivity index (χ4v) is 4.57. The van der Waals surface area contributed by atoms with E-state index in [-0.39, 0.29) is 12.5 Å². The molecule has 2 heterocycles. The van der Waals surface area contributed by atoms with Crippen LogP contribution >= 0.6 is 11.8 Å². The van der Waals surface area contributed by atoms with E-state index < -0.39 is 5.69 Å². The van der Waals surface area contributed by atoms with Crippen LogP contribution in [0.1, 0.15) is 37.7 Å². The summed E-state index contributed by atoms with van der Waals surface area (Å²) in [6.45, 7) is 1.83. The number of nitrogens with zero attached hydrogens (tertiary/aromatic N) is 4. The van der Waals surface area contributed by atoms with E-state index in [1.54, 1.807) is 17.8 Å². The summed E-state index contributed by atoms with van der Waals surface area (Å²) in [6.07, 6.45) is 6.21. The molecule has 0 atom stereocenters. The Labute approximate surface area is 167 Å². The predicted octanol–water partition coefficient (Wildman–Crippen LogP) is 3.26. The van der Waals surface area contributed by atoms with Gasteiger partial charge in [0.25, 0.3) is 0 Å². The van der Waals surface area contributed by atoms with Crippen molar-refractivity contribution in [1.29, 1.82) is 0 Å². The molecular weight excluding hydrogens is 374 g/mol. The number of hydrogen-bond donors (Lipinski definition) is 1. The van der Waals surface area contributed by atoms with Crippen molar-refractivity contribution in [2.75, 3.05) is 5.32 Å². The summed E-state index contributed by atoms with van der Waals surface area (Å²) >= 11 is 1.73. The first-order valence-electron chi connectivity index (χ1n) is 9.58. The second-order valence-corrected chi connectivity index (χ2v) is 8.49. The maximum Gasteiger partial charge on any atom is 0.367 e. The van der Waals surface area contributed by atoms with Gasteiger partial charge in [-0.2, -0.15) is 9.61 Å². The van der Waals surface area contributed by atoms with Crippen molar-refractivity contribution in [2.24, 2.45) is 0 Å². The number of anilines is 1. The first-order valence-corrected chi connectivity index (χ1v) is 10.5. The first-order chi connectivity index (χ1) is 13.6. The number of aryl methyl sites for hydroxylation is 1. The molecule has 0 bridgehead atoms. The molecule has 1 fully saturated rings. The van der Waals surface area contributed by atoms with Gasteiger partial charge in [0.2, 0.25) is 5.91 Å². The topological polar surface area (TPSA) is 81.3 Å². The van der Waals surface area contributed by atoms with Crippen LogP contribution in [0, 0.1) is 6.92 Å². The number of carbonyl (C=O) groups excluding carboxylic acids is 1. The summed E-state index contributed by atoms with van der Waals surface area (Å²) in [5.41, 5.74) is 1.85. The van der Waals surface area contributed by atoms with Crippen LogP contribution in [0.5, 0.6) is 0 Å². The number of rotatable bonds is 5. The predicted molar refractivity (Wildman–Crippen MR) is 110 cm³/mol. The van der Waals surface area contributed by atoms with Crippen molar-refractivity contribution in [2.45, 2.75) is 55.8 Å². The molecule has 1 aliphatic rings. The van der Waals surface area contributed by atoms with Gasteiger partial charge in [-0.05, 0) is 44.0 Å². The van der Waals surface area contributed by atoms with E-state index in [4.69, 9.17) is 0 Å². The molecule has 1 amide bonds. The highest BCUT2D eigenvalue weighted by Gasteiger charge is 2.17. The van der Waals surface area contributed by atoms with Gasteiger partial charge in [0.15, 0.2) is 5.65 Å². The lowest BCUT2D eigenvalue weighted by Crippen LogP contribution is -2.28. The number of aromatic nitrogens is 4.